The van der Waals surface area contributed by atoms with Crippen molar-refractivity contribution in [1.29, 1.82) is 0 Å². The Labute approximate surface area is 126 Å². The van der Waals surface area contributed by atoms with E-state index >= 15 is 0 Å². The Bertz CT molecular complexity index is 602. The topological polar surface area (TPSA) is 40.5 Å². The molecule has 1 unspecified atom stereocenters. The molecule has 1 aliphatic heterocycles. The number of hydrogen-bond acceptors (Lipinski definition) is 3. The van der Waals surface area contributed by atoms with E-state index in [1.165, 1.54) is 0 Å². The molecule has 0 saturated carbocycles. The summed E-state index contributed by atoms with van der Waals surface area (Å²) in [7, 11) is -2.65. The van der Waals surface area contributed by atoms with E-state index < -0.39 is 10.6 Å². The Morgan fingerprint density at radius 3 is 2.53 bits per heavy atom. The number of fused-ring (bicyclic) bond motifs is 1. The molecule has 19 heavy (non-hydrogen) atoms. The van der Waals surface area contributed by atoms with E-state index in [2.05, 4.69) is 15.9 Å². The van der Waals surface area contributed by atoms with Crippen LogP contribution < -0.4 is 0 Å². The molecule has 1 heterocycles. The molecule has 0 aliphatic carbocycles. The van der Waals surface area contributed by atoms with Gasteiger partial charge in [0.05, 0.1) is 15.9 Å². The molecule has 0 bridgehead atoms. The van der Waals surface area contributed by atoms with Crippen LogP contribution in [0.15, 0.2) is 62.8 Å². The number of benzene rings is 2. The van der Waals surface area contributed by atoms with Gasteiger partial charge in [-0.05, 0) is 24.3 Å². The number of thioether (sulfide) groups is 1. The number of halogens is 1. The number of hydrogen-bond donors (Lipinski definition) is 2. The normalized spacial score (nSPS) is 21.9. The van der Waals surface area contributed by atoms with Crippen molar-refractivity contribution in [3.05, 3.63) is 58.6 Å². The second-order valence-corrected chi connectivity index (χ2v) is 8.64. The van der Waals surface area contributed by atoms with Crippen molar-refractivity contribution in [3.8, 4) is 0 Å². The first-order valence-electron chi connectivity index (χ1n) is 5.84. The quantitative estimate of drug-likeness (QED) is 0.755. The van der Waals surface area contributed by atoms with Crippen LogP contribution in [0.3, 0.4) is 0 Å². The van der Waals surface area contributed by atoms with Crippen molar-refractivity contribution < 1.29 is 9.11 Å². The van der Waals surface area contributed by atoms with E-state index in [9.17, 15) is 9.11 Å². The zero-order valence-corrected chi connectivity index (χ0v) is 13.2. The minimum atomic E-state index is -2.65. The molecule has 2 aromatic carbocycles. The molecular formula is C14H13BrO2S2. The highest BCUT2D eigenvalue weighted by Gasteiger charge is 2.36. The van der Waals surface area contributed by atoms with Crippen molar-refractivity contribution in [2.24, 2.45) is 0 Å². The van der Waals surface area contributed by atoms with E-state index in [4.69, 9.17) is 0 Å². The minimum absolute atomic E-state index is 0.0815. The van der Waals surface area contributed by atoms with Gasteiger partial charge in [0.25, 0.3) is 0 Å². The van der Waals surface area contributed by atoms with Gasteiger partial charge in [-0.2, -0.15) is 10.6 Å². The second kappa shape index (κ2) is 5.14. The molecule has 1 atom stereocenters. The van der Waals surface area contributed by atoms with Crippen LogP contribution in [0.5, 0.6) is 0 Å². The maximum atomic E-state index is 10.2. The standard InChI is InChI=1S/C14H13BrO2S2/c15-11-7-4-8-13-14(11)12(9-19(13,16)17)18-10-5-2-1-3-6-10/h1-8,12,16-17H,9H2. The molecule has 0 saturated heterocycles. The monoisotopic (exact) mass is 356 g/mol. The van der Waals surface area contributed by atoms with Crippen molar-refractivity contribution in [1.82, 2.24) is 0 Å². The van der Waals surface area contributed by atoms with E-state index in [0.717, 1.165) is 14.9 Å². The molecule has 0 spiro atoms. The zero-order valence-electron chi connectivity index (χ0n) is 9.99. The Morgan fingerprint density at radius 2 is 1.79 bits per heavy atom. The van der Waals surface area contributed by atoms with Crippen LogP contribution in [-0.4, -0.2) is 14.9 Å². The summed E-state index contributed by atoms with van der Waals surface area (Å²) in [5.74, 6) is 0.393. The van der Waals surface area contributed by atoms with Crippen molar-refractivity contribution >= 4 is 38.3 Å². The van der Waals surface area contributed by atoms with Crippen LogP contribution in [0.25, 0.3) is 0 Å². The van der Waals surface area contributed by atoms with Gasteiger partial charge in [0, 0.05) is 14.9 Å². The molecule has 0 radical (unpaired) electrons. The molecular weight excluding hydrogens is 344 g/mol. The van der Waals surface area contributed by atoms with Crippen LogP contribution in [0.1, 0.15) is 10.8 Å². The third kappa shape index (κ3) is 2.58. The largest absolute Gasteiger partial charge is 0.295 e. The molecule has 0 fully saturated rings. The lowest BCUT2D eigenvalue weighted by molar-refractivity contribution is 0.492. The highest BCUT2D eigenvalue weighted by Crippen LogP contribution is 2.64. The molecule has 2 nitrogen and oxygen atoms in total. The maximum absolute atomic E-state index is 10.2. The van der Waals surface area contributed by atoms with Crippen molar-refractivity contribution in [2.75, 3.05) is 5.75 Å². The summed E-state index contributed by atoms with van der Waals surface area (Å²) in [5, 5.41) is 0.0815. The fraction of sp³-hybridized carbons (Fsp3) is 0.143. The highest BCUT2D eigenvalue weighted by atomic mass is 79.9. The van der Waals surface area contributed by atoms with Gasteiger partial charge in [-0.15, -0.1) is 11.8 Å². The van der Waals surface area contributed by atoms with E-state index in [1.54, 1.807) is 11.8 Å². The predicted molar refractivity (Wildman–Crippen MR) is 85.2 cm³/mol. The zero-order chi connectivity index (χ0) is 13.5. The maximum Gasteiger partial charge on any atom is 0.0639 e. The lowest BCUT2D eigenvalue weighted by atomic mass is 10.2. The molecule has 0 amide bonds. The molecule has 3 rings (SSSR count). The highest BCUT2D eigenvalue weighted by molar-refractivity contribution is 9.10. The summed E-state index contributed by atoms with van der Waals surface area (Å²) in [6, 6.07) is 15.7. The summed E-state index contributed by atoms with van der Waals surface area (Å²) in [5.41, 5.74) is 1.02. The Kier molecular flexibility index (Phi) is 3.66. The fourth-order valence-corrected chi connectivity index (χ4v) is 6.78. The third-order valence-corrected chi connectivity index (χ3v) is 7.08. The molecule has 1 aliphatic rings. The molecule has 100 valence electrons. The molecule has 0 aromatic heterocycles. The summed E-state index contributed by atoms with van der Waals surface area (Å²) >= 11 is 5.21. The summed E-state index contributed by atoms with van der Waals surface area (Å²) in [4.78, 5) is 1.83. The van der Waals surface area contributed by atoms with Gasteiger partial charge in [-0.1, -0.05) is 40.2 Å². The van der Waals surface area contributed by atoms with Crippen molar-refractivity contribution in [3.63, 3.8) is 0 Å². The predicted octanol–water partition coefficient (Wildman–Crippen LogP) is 5.41. The van der Waals surface area contributed by atoms with E-state index in [1.807, 2.05) is 48.5 Å². The smallest absolute Gasteiger partial charge is 0.0639 e. The first-order chi connectivity index (χ1) is 9.08. The average molecular weight is 357 g/mol. The van der Waals surface area contributed by atoms with Gasteiger partial charge < -0.3 is 0 Å². The Balaban J connectivity index is 1.98. The van der Waals surface area contributed by atoms with E-state index in [0.29, 0.717) is 10.6 Å². The van der Waals surface area contributed by atoms with Crippen LogP contribution in [0.2, 0.25) is 0 Å². The van der Waals surface area contributed by atoms with E-state index in [-0.39, 0.29) is 5.25 Å². The van der Waals surface area contributed by atoms with Gasteiger partial charge in [0.15, 0.2) is 0 Å². The summed E-state index contributed by atoms with van der Waals surface area (Å²) < 4.78 is 21.4. The van der Waals surface area contributed by atoms with Gasteiger partial charge in [-0.25, -0.2) is 0 Å². The van der Waals surface area contributed by atoms with Crippen LogP contribution in [-0.2, 0) is 0 Å². The van der Waals surface area contributed by atoms with Gasteiger partial charge in [-0.3, -0.25) is 9.11 Å². The average Bonchev–Trinajstić information content (AvgIpc) is 2.63. The minimum Gasteiger partial charge on any atom is -0.295 e. The van der Waals surface area contributed by atoms with Gasteiger partial charge in [0.1, 0.15) is 0 Å². The first kappa shape index (κ1) is 13.5. The third-order valence-electron chi connectivity index (χ3n) is 3.09. The SMILES string of the molecule is OS1(O)CC(Sc2ccccc2)c2c(Br)cccc21. The molecule has 2 aromatic rings. The molecule has 2 N–H and O–H groups in total. The first-order valence-corrected chi connectivity index (χ1v) is 9.23. The van der Waals surface area contributed by atoms with Crippen LogP contribution >= 0.6 is 38.3 Å². The lowest BCUT2D eigenvalue weighted by Crippen LogP contribution is -1.98. The summed E-state index contributed by atoms with van der Waals surface area (Å²) in [6.07, 6.45) is 0. The fourth-order valence-electron chi connectivity index (χ4n) is 2.26. The Morgan fingerprint density at radius 1 is 1.05 bits per heavy atom. The second-order valence-electron chi connectivity index (χ2n) is 4.40. The van der Waals surface area contributed by atoms with Crippen LogP contribution in [0.4, 0.5) is 0 Å². The number of rotatable bonds is 2. The van der Waals surface area contributed by atoms with Crippen LogP contribution in [0, 0.1) is 0 Å². The van der Waals surface area contributed by atoms with Gasteiger partial charge >= 0.3 is 0 Å². The van der Waals surface area contributed by atoms with Crippen molar-refractivity contribution in [2.45, 2.75) is 15.0 Å². The Hall–Kier alpha value is -0.460. The molecule has 5 heteroatoms. The van der Waals surface area contributed by atoms with Gasteiger partial charge in [0.2, 0.25) is 0 Å². The summed E-state index contributed by atoms with van der Waals surface area (Å²) in [6.45, 7) is 0. The lowest BCUT2D eigenvalue weighted by Gasteiger charge is -2.27.